The second kappa shape index (κ2) is 5.05. The monoisotopic (exact) mass is 250 g/mol. The van der Waals surface area contributed by atoms with E-state index in [0.29, 0.717) is 24.2 Å². The highest BCUT2D eigenvalue weighted by molar-refractivity contribution is 4.93. The lowest BCUT2D eigenvalue weighted by Gasteiger charge is -2.05. The van der Waals surface area contributed by atoms with Gasteiger partial charge in [0.2, 0.25) is 5.89 Å². The van der Waals surface area contributed by atoms with Gasteiger partial charge in [-0.15, -0.1) is 0 Å². The summed E-state index contributed by atoms with van der Waals surface area (Å²) in [4.78, 5) is 3.94. The molecule has 1 heterocycles. The summed E-state index contributed by atoms with van der Waals surface area (Å²) < 4.78 is 45.1. The molecule has 1 aliphatic rings. The fourth-order valence-electron chi connectivity index (χ4n) is 1.28. The van der Waals surface area contributed by atoms with Gasteiger partial charge >= 0.3 is 6.18 Å². The topological polar surface area (TPSA) is 47.3 Å². The van der Waals surface area contributed by atoms with Crippen LogP contribution in [0.5, 0.6) is 0 Å². The standard InChI is InChI=1S/C10H13F3N2O2/c11-10(12,13)6-16-5-8-3-15-9(17-8)4-14-7-1-2-7/h3,7,14H,1-2,4-6H2. The third-order valence-corrected chi connectivity index (χ3v) is 2.23. The quantitative estimate of drug-likeness (QED) is 0.839. The molecule has 1 saturated carbocycles. The third kappa shape index (κ3) is 4.74. The predicted octanol–water partition coefficient (Wildman–Crippen LogP) is 2.01. The minimum atomic E-state index is -4.31. The number of hydrogen-bond donors (Lipinski definition) is 1. The van der Waals surface area contributed by atoms with E-state index in [1.807, 2.05) is 0 Å². The molecule has 17 heavy (non-hydrogen) atoms. The van der Waals surface area contributed by atoms with E-state index in [-0.39, 0.29) is 6.61 Å². The molecule has 0 amide bonds. The van der Waals surface area contributed by atoms with Gasteiger partial charge in [-0.05, 0) is 12.8 Å². The Kier molecular flexibility index (Phi) is 3.68. The van der Waals surface area contributed by atoms with E-state index in [1.54, 1.807) is 0 Å². The van der Waals surface area contributed by atoms with Crippen LogP contribution < -0.4 is 5.32 Å². The summed E-state index contributed by atoms with van der Waals surface area (Å²) in [7, 11) is 0. The van der Waals surface area contributed by atoms with Crippen LogP contribution in [0, 0.1) is 0 Å². The maximum Gasteiger partial charge on any atom is 0.411 e. The molecule has 0 bridgehead atoms. The van der Waals surface area contributed by atoms with Crippen molar-refractivity contribution < 1.29 is 22.3 Å². The van der Waals surface area contributed by atoms with E-state index in [9.17, 15) is 13.2 Å². The van der Waals surface area contributed by atoms with Crippen LogP contribution in [0.4, 0.5) is 13.2 Å². The summed E-state index contributed by atoms with van der Waals surface area (Å²) in [5.41, 5.74) is 0. The molecule has 0 saturated heterocycles. The van der Waals surface area contributed by atoms with Gasteiger partial charge in [0.25, 0.3) is 0 Å². The van der Waals surface area contributed by atoms with Gasteiger partial charge in [0.05, 0.1) is 12.7 Å². The van der Waals surface area contributed by atoms with Crippen molar-refractivity contribution in [3.8, 4) is 0 Å². The Balaban J connectivity index is 1.69. The van der Waals surface area contributed by atoms with Gasteiger partial charge in [-0.25, -0.2) is 4.98 Å². The van der Waals surface area contributed by atoms with Crippen LogP contribution in [-0.2, 0) is 17.9 Å². The smallest absolute Gasteiger partial charge is 0.411 e. The average Bonchev–Trinajstić information content (AvgIpc) is 2.95. The number of halogens is 3. The Hall–Kier alpha value is -1.08. The zero-order chi connectivity index (χ0) is 12.3. The van der Waals surface area contributed by atoms with Crippen molar-refractivity contribution in [1.29, 1.82) is 0 Å². The minimum Gasteiger partial charge on any atom is -0.442 e. The molecule has 1 aliphatic carbocycles. The van der Waals surface area contributed by atoms with Crippen molar-refractivity contribution in [2.24, 2.45) is 0 Å². The van der Waals surface area contributed by atoms with Crippen molar-refractivity contribution in [3.63, 3.8) is 0 Å². The average molecular weight is 250 g/mol. The molecular weight excluding hydrogens is 237 g/mol. The lowest BCUT2D eigenvalue weighted by molar-refractivity contribution is -0.177. The maximum absolute atomic E-state index is 11.8. The number of ether oxygens (including phenoxy) is 1. The van der Waals surface area contributed by atoms with Crippen LogP contribution >= 0.6 is 0 Å². The summed E-state index contributed by atoms with van der Waals surface area (Å²) in [6.07, 6.45) is -0.610. The fourth-order valence-corrected chi connectivity index (χ4v) is 1.28. The van der Waals surface area contributed by atoms with E-state index < -0.39 is 12.8 Å². The second-order valence-electron chi connectivity index (χ2n) is 3.98. The zero-order valence-corrected chi connectivity index (χ0v) is 9.09. The number of nitrogens with one attached hydrogen (secondary N) is 1. The van der Waals surface area contributed by atoms with Crippen LogP contribution in [0.15, 0.2) is 10.6 Å². The van der Waals surface area contributed by atoms with Crippen LogP contribution in [0.2, 0.25) is 0 Å². The Morgan fingerprint density at radius 1 is 1.47 bits per heavy atom. The number of aromatic nitrogens is 1. The Labute approximate surface area is 96.2 Å². The summed E-state index contributed by atoms with van der Waals surface area (Å²) in [6.45, 7) is -0.983. The number of nitrogens with zero attached hydrogens (tertiary/aromatic N) is 1. The molecule has 0 atom stereocenters. The highest BCUT2D eigenvalue weighted by Gasteiger charge is 2.27. The molecular formula is C10H13F3N2O2. The van der Waals surface area contributed by atoms with Crippen LogP contribution in [0.25, 0.3) is 0 Å². The van der Waals surface area contributed by atoms with E-state index >= 15 is 0 Å². The fraction of sp³-hybridized carbons (Fsp3) is 0.700. The van der Waals surface area contributed by atoms with Crippen molar-refractivity contribution in [1.82, 2.24) is 10.3 Å². The van der Waals surface area contributed by atoms with Crippen LogP contribution in [-0.4, -0.2) is 23.8 Å². The highest BCUT2D eigenvalue weighted by Crippen LogP contribution is 2.19. The van der Waals surface area contributed by atoms with Crippen molar-refractivity contribution >= 4 is 0 Å². The van der Waals surface area contributed by atoms with Crippen LogP contribution in [0.3, 0.4) is 0 Å². The van der Waals surface area contributed by atoms with Gasteiger partial charge in [-0.3, -0.25) is 0 Å². The molecule has 0 aliphatic heterocycles. The first kappa shape index (κ1) is 12.4. The molecule has 0 unspecified atom stereocenters. The maximum atomic E-state index is 11.8. The first-order valence-electron chi connectivity index (χ1n) is 5.34. The molecule has 1 N–H and O–H groups in total. The lowest BCUT2D eigenvalue weighted by atomic mass is 10.5. The summed E-state index contributed by atoms with van der Waals surface area (Å²) >= 11 is 0. The number of hydrogen-bond acceptors (Lipinski definition) is 4. The number of rotatable bonds is 6. The molecule has 96 valence electrons. The SMILES string of the molecule is FC(F)(F)COCc1cnc(CNC2CC2)o1. The van der Waals surface area contributed by atoms with E-state index in [4.69, 9.17) is 4.42 Å². The molecule has 0 radical (unpaired) electrons. The normalized spacial score (nSPS) is 16.4. The third-order valence-electron chi connectivity index (χ3n) is 2.23. The molecule has 1 fully saturated rings. The second-order valence-corrected chi connectivity index (χ2v) is 3.98. The van der Waals surface area contributed by atoms with Crippen LogP contribution in [0.1, 0.15) is 24.5 Å². The number of oxazole rings is 1. The van der Waals surface area contributed by atoms with E-state index in [0.717, 1.165) is 12.8 Å². The lowest BCUT2D eigenvalue weighted by Crippen LogP contribution is -2.16. The first-order valence-corrected chi connectivity index (χ1v) is 5.34. The zero-order valence-electron chi connectivity index (χ0n) is 9.09. The highest BCUT2D eigenvalue weighted by atomic mass is 19.4. The van der Waals surface area contributed by atoms with Crippen molar-refractivity contribution in [2.75, 3.05) is 6.61 Å². The Morgan fingerprint density at radius 2 is 2.24 bits per heavy atom. The van der Waals surface area contributed by atoms with E-state index in [1.165, 1.54) is 6.20 Å². The number of alkyl halides is 3. The molecule has 7 heteroatoms. The molecule has 4 nitrogen and oxygen atoms in total. The van der Waals surface area contributed by atoms with E-state index in [2.05, 4.69) is 15.0 Å². The molecule has 2 rings (SSSR count). The molecule has 0 aromatic carbocycles. The molecule has 1 aromatic heterocycles. The summed E-state index contributed by atoms with van der Waals surface area (Å²) in [5, 5.41) is 3.19. The minimum absolute atomic E-state index is 0.212. The van der Waals surface area contributed by atoms with Gasteiger partial charge in [-0.1, -0.05) is 0 Å². The van der Waals surface area contributed by atoms with Gasteiger partial charge in [0.15, 0.2) is 0 Å². The molecule has 0 spiro atoms. The van der Waals surface area contributed by atoms with Crippen molar-refractivity contribution in [2.45, 2.75) is 38.2 Å². The first-order chi connectivity index (χ1) is 8.03. The van der Waals surface area contributed by atoms with Gasteiger partial charge in [0, 0.05) is 6.04 Å². The Bertz CT molecular complexity index is 361. The predicted molar refractivity (Wildman–Crippen MR) is 52.1 cm³/mol. The van der Waals surface area contributed by atoms with Gasteiger partial charge in [-0.2, -0.15) is 13.2 Å². The summed E-state index contributed by atoms with van der Waals surface area (Å²) in [5.74, 6) is 0.782. The summed E-state index contributed by atoms with van der Waals surface area (Å²) in [6, 6.07) is 0.534. The van der Waals surface area contributed by atoms with Gasteiger partial charge < -0.3 is 14.5 Å². The Morgan fingerprint density at radius 3 is 2.88 bits per heavy atom. The molecule has 1 aromatic rings. The van der Waals surface area contributed by atoms with Gasteiger partial charge in [0.1, 0.15) is 19.0 Å². The van der Waals surface area contributed by atoms with Crippen molar-refractivity contribution in [3.05, 3.63) is 17.8 Å². The largest absolute Gasteiger partial charge is 0.442 e.